The molecule has 0 atom stereocenters. The summed E-state index contributed by atoms with van der Waals surface area (Å²) in [6.45, 7) is 50.8. The lowest BCUT2D eigenvalue weighted by molar-refractivity contribution is 0.0529. The molecule has 15 rings (SSSR count). The van der Waals surface area contributed by atoms with Gasteiger partial charge in [-0.2, -0.15) is 12.9 Å². The molecule has 0 aliphatic carbocycles. The zero-order valence-corrected chi connectivity index (χ0v) is 80.1. The van der Waals surface area contributed by atoms with Gasteiger partial charge in [-0.3, -0.25) is 4.79 Å². The topological polar surface area (TPSA) is 375 Å². The number of nitrogen functional groups attached to an aromatic ring is 1. The summed E-state index contributed by atoms with van der Waals surface area (Å²) in [6, 6.07) is 34.0. The van der Waals surface area contributed by atoms with Crippen LogP contribution >= 0.6 is 23.1 Å². The zero-order chi connectivity index (χ0) is 90.4. The number of fused-ring (bicyclic) bond motifs is 4. The lowest BCUT2D eigenvalue weighted by Gasteiger charge is -2.37. The van der Waals surface area contributed by atoms with E-state index < -0.39 is 45.1 Å². The quantitative estimate of drug-likeness (QED) is 0.0321. The summed E-state index contributed by atoms with van der Waals surface area (Å²) in [7, 11) is -0.0230. The van der Waals surface area contributed by atoms with Crippen LogP contribution in [0.3, 0.4) is 0 Å². The van der Waals surface area contributed by atoms with Crippen LogP contribution < -0.4 is 26.1 Å². The van der Waals surface area contributed by atoms with Crippen molar-refractivity contribution >= 4 is 165 Å². The fourth-order valence-electron chi connectivity index (χ4n) is 12.7. The van der Waals surface area contributed by atoms with Gasteiger partial charge in [-0.1, -0.05) is 109 Å². The van der Waals surface area contributed by atoms with Crippen LogP contribution in [0.1, 0.15) is 102 Å². The number of H-pyrrole nitrogens is 3. The molecular formula is C83H101Cl2N15O15S10. The first kappa shape index (κ1) is 105. The number of aromatic amines is 3. The molecule has 0 radical (unpaired) electrons. The maximum Gasteiger partial charge on any atom is 0.342 e. The van der Waals surface area contributed by atoms with Gasteiger partial charge in [-0.15, -0.1) is 12.4 Å². The van der Waals surface area contributed by atoms with Crippen LogP contribution in [0.4, 0.5) is 5.82 Å². The van der Waals surface area contributed by atoms with Crippen molar-refractivity contribution in [3.63, 3.8) is 0 Å². The fraction of sp³-hybridized carbons (Fsp3) is 0.373. The lowest BCUT2D eigenvalue weighted by atomic mass is 10.0. The van der Waals surface area contributed by atoms with Gasteiger partial charge >= 0.3 is 5.97 Å². The smallest absolute Gasteiger partial charge is 0.342 e. The number of halogens is 2. The molecule has 4 aliphatic heterocycles. The largest absolute Gasteiger partial charge is 0.496 e. The van der Waals surface area contributed by atoms with E-state index in [9.17, 15) is 43.3 Å². The second-order valence-corrected chi connectivity index (χ2v) is 43.7. The average Bonchev–Trinajstić information content (AvgIpc) is 1.59. The Morgan fingerprint density at radius 3 is 1.24 bits per heavy atom. The maximum atomic E-state index is 13.2. The van der Waals surface area contributed by atoms with E-state index in [1.54, 1.807) is 112 Å². The van der Waals surface area contributed by atoms with Gasteiger partial charge in [-0.05, 0) is 155 Å². The Labute approximate surface area is 762 Å². The van der Waals surface area contributed by atoms with Gasteiger partial charge in [0, 0.05) is 121 Å². The predicted octanol–water partition coefficient (Wildman–Crippen LogP) is 13.8. The highest BCUT2D eigenvalue weighted by Gasteiger charge is 2.43. The predicted molar refractivity (Wildman–Crippen MR) is 508 cm³/mol. The number of esters is 1. The SMILES string of the molecule is C.CCN(CC)CC.CCOC(=O)c1c(N)[nH]c2cc(-c3c(C)noc3C)c(OC)cc12.COc1cc2c(cc1-c1c(C)noc1C)[nH]c1nc(C3CN(S(=O)(=O)c4ccc(C)cc4)C3)[nH]c(=O)c12.Cc1ccc(S(=O)(=O)Cl)cc1.Cl.S=S=S=S=S=S.[C-]#[N+]C1CN(S(=O)(=O)c2ccc(C)cc2)C1.[C-]#[N+]C1CN(S(=O)(=O)c2ccc(C)cc2)C1.[C-]#[N+]C1CNC1. The van der Waals surface area contributed by atoms with E-state index >= 15 is 0 Å². The van der Waals surface area contributed by atoms with E-state index in [0.717, 1.165) is 74.5 Å². The molecule has 672 valence electrons. The second kappa shape index (κ2) is 47.6. The minimum Gasteiger partial charge on any atom is -0.496 e. The van der Waals surface area contributed by atoms with Crippen LogP contribution in [0.25, 0.3) is 69.6 Å². The van der Waals surface area contributed by atoms with Crippen LogP contribution in [-0.2, 0) is 102 Å². The summed E-state index contributed by atoms with van der Waals surface area (Å²) in [4.78, 5) is 52.5. The Balaban J connectivity index is 0.000000239. The highest BCUT2D eigenvalue weighted by Crippen LogP contribution is 2.42. The third-order valence-electron chi connectivity index (χ3n) is 19.9. The number of ether oxygens (including phenoxy) is 3. The minimum atomic E-state index is -3.60. The number of carbonyl (C=O) groups is 1. The van der Waals surface area contributed by atoms with Crippen molar-refractivity contribution in [3.05, 3.63) is 222 Å². The number of nitrogens with zero attached hydrogens (tertiary/aromatic N) is 10. The third-order valence-corrected chi connectivity index (χ3v) is 33.5. The molecule has 4 saturated heterocycles. The number of hydrogen-bond acceptors (Lipinski definition) is 23. The first-order valence-corrected chi connectivity index (χ1v) is 51.5. The van der Waals surface area contributed by atoms with Crippen LogP contribution in [0.15, 0.2) is 155 Å². The van der Waals surface area contributed by atoms with E-state index in [1.165, 1.54) is 80.2 Å². The standard InChI is InChI=1S/C26H25N5O5S.C17H19N3O4.2C11H12N2O2S.C7H7ClO2S.C6H15N.C4H6N2.CH4.ClH.S6/c1-13-5-7-17(8-6-13)37(33,34)31-11-16(12-31)24-28-25-23(26(32)29-24)18-10-21(35-4)19(9-20(18)27-25)22-14(2)30-36-15(22)3;1-5-23-17(21)15-10-7-13(22-4)11(6-12(10)19-16(15)18)14-8(2)20-24-9(14)3;2*1-9-3-5-11(6-4-9)16(14,15)13-7-10(8-13)12-2;1-6-2-4-7(5-3-6)11(8,9)10;1-4-7(5-2)6-3;1-5-4-2-6-3-4;;;1-3-5-6-4-2/h5-10,16H,11-12H2,1-4H3,(H2,27,28,29,32);6-7,19H,5,18H2,1-4H3;2*3-6,10H,7-8H2,1H3;2-5H,1H3;4-6H2,1-3H3;4,6H,2-3H2;1H4;1H;. The second-order valence-electron chi connectivity index (χ2n) is 28.3. The van der Waals surface area contributed by atoms with Crippen LogP contribution in [0, 0.1) is 75.1 Å². The van der Waals surface area contributed by atoms with Gasteiger partial charge < -0.3 is 68.7 Å². The number of hydrogen-bond donors (Lipinski definition) is 5. The number of benzene rings is 6. The molecule has 6 N–H and O–H groups in total. The van der Waals surface area contributed by atoms with Gasteiger partial charge in [0.25, 0.3) is 26.7 Å². The number of methoxy groups -OCH3 is 2. The number of carbonyl (C=O) groups excluding carboxylic acids is 1. The Morgan fingerprint density at radius 1 is 0.568 bits per heavy atom. The normalized spacial score (nSPS) is 14.0. The molecule has 11 aromatic rings. The van der Waals surface area contributed by atoms with Gasteiger partial charge in [0.05, 0.1) is 108 Å². The fourth-order valence-corrected chi connectivity index (χ4v) is 23.5. The van der Waals surface area contributed by atoms with Gasteiger partial charge in [-0.25, -0.2) is 63.2 Å². The van der Waals surface area contributed by atoms with E-state index in [4.69, 9.17) is 59.4 Å². The Hall–Kier alpha value is -9.20. The zero-order valence-electron chi connectivity index (χ0n) is 70.4. The molecular weight excluding hydrogens is 1840 g/mol. The summed E-state index contributed by atoms with van der Waals surface area (Å²) in [5.74, 6) is 2.59. The minimum absolute atomic E-state index is 0. The number of aryl methyl sites for hydroxylation is 8. The van der Waals surface area contributed by atoms with Gasteiger partial charge in [0.1, 0.15) is 45.9 Å². The molecule has 0 saturated carbocycles. The Morgan fingerprint density at radius 2 is 0.936 bits per heavy atom. The molecule has 5 aromatic heterocycles. The molecule has 6 aromatic carbocycles. The van der Waals surface area contributed by atoms with E-state index in [1.807, 2.05) is 73.6 Å². The molecule has 4 aliphatic rings. The number of aromatic nitrogens is 6. The van der Waals surface area contributed by atoms with Crippen molar-refractivity contribution in [1.29, 1.82) is 0 Å². The number of rotatable bonds is 17. The number of sulfonamides is 3. The first-order chi connectivity index (χ1) is 58.4. The summed E-state index contributed by atoms with van der Waals surface area (Å²) < 4.78 is 126. The average molecular weight is 1940 g/mol. The Kier molecular flexibility index (Phi) is 39.8. The van der Waals surface area contributed by atoms with Crippen molar-refractivity contribution in [3.8, 4) is 33.8 Å². The maximum absolute atomic E-state index is 13.2. The van der Waals surface area contributed by atoms with Crippen LogP contribution in [0.2, 0.25) is 0 Å². The molecule has 9 heterocycles. The number of nitrogens with one attached hydrogen (secondary N) is 4. The summed E-state index contributed by atoms with van der Waals surface area (Å²) in [5.41, 5.74) is 16.7. The van der Waals surface area contributed by atoms with E-state index in [-0.39, 0.29) is 78.7 Å². The van der Waals surface area contributed by atoms with Crippen molar-refractivity contribution in [2.45, 2.75) is 134 Å². The molecule has 42 heteroatoms. The molecule has 0 unspecified atom stereocenters. The van der Waals surface area contributed by atoms with Gasteiger partial charge in [0.2, 0.25) is 36.1 Å². The lowest BCUT2D eigenvalue weighted by Crippen LogP contribution is -2.51. The highest BCUT2D eigenvalue weighted by atomic mass is 35.7. The summed E-state index contributed by atoms with van der Waals surface area (Å²) >= 11 is 9.03. The van der Waals surface area contributed by atoms with Crippen LogP contribution in [-0.4, -0.2) is 199 Å². The van der Waals surface area contributed by atoms with E-state index in [2.05, 4.69) is 98.1 Å². The monoisotopic (exact) mass is 1940 g/mol. The highest BCUT2D eigenvalue weighted by molar-refractivity contribution is 8.64. The molecule has 0 bridgehead atoms. The Bertz CT molecular complexity index is 6280. The van der Waals surface area contributed by atoms with Crippen molar-refractivity contribution < 1.29 is 61.7 Å². The summed E-state index contributed by atoms with van der Waals surface area (Å²) in [5, 5.41) is 12.8. The van der Waals surface area contributed by atoms with Crippen molar-refractivity contribution in [1.82, 2.24) is 53.4 Å². The first-order valence-electron chi connectivity index (χ1n) is 38.2. The third kappa shape index (κ3) is 26.5. The molecule has 125 heavy (non-hydrogen) atoms. The van der Waals surface area contributed by atoms with E-state index in [0.29, 0.717) is 104 Å². The molecule has 0 amide bonds. The van der Waals surface area contributed by atoms with Crippen molar-refractivity contribution in [2.75, 3.05) is 98.6 Å². The molecule has 30 nitrogen and oxygen atoms in total. The van der Waals surface area contributed by atoms with Gasteiger partial charge in [0.15, 0.2) is 0 Å². The molecule has 0 spiro atoms. The molecule has 4 fully saturated rings. The summed E-state index contributed by atoms with van der Waals surface area (Å²) in [6.07, 6.45) is 0. The van der Waals surface area contributed by atoms with Crippen molar-refractivity contribution in [2.24, 2.45) is 0 Å². The number of anilines is 1. The van der Waals surface area contributed by atoms with Crippen LogP contribution in [0.5, 0.6) is 11.5 Å². The number of nitrogens with two attached hydrogens (primary N) is 1.